The second-order valence-corrected chi connectivity index (χ2v) is 5.71. The average Bonchev–Trinajstić information content (AvgIpc) is 2.69. The Morgan fingerprint density at radius 3 is 2.07 bits per heavy atom. The molecule has 0 unspecified atom stereocenters. The number of hydrogen-bond donors (Lipinski definition) is 2. The van der Waals surface area contributed by atoms with Gasteiger partial charge in [0, 0.05) is 11.1 Å². The van der Waals surface area contributed by atoms with Crippen molar-refractivity contribution in [2.45, 2.75) is 0 Å². The van der Waals surface area contributed by atoms with E-state index in [0.29, 0.717) is 16.9 Å². The number of phenols is 2. The minimum atomic E-state index is -0.828. The summed E-state index contributed by atoms with van der Waals surface area (Å²) in [7, 11) is 1.52. The van der Waals surface area contributed by atoms with Crippen LogP contribution in [0.25, 0.3) is 0 Å². The second-order valence-electron chi connectivity index (χ2n) is 5.71. The van der Waals surface area contributed by atoms with Crippen molar-refractivity contribution in [1.82, 2.24) is 0 Å². The van der Waals surface area contributed by atoms with Gasteiger partial charge in [0.1, 0.15) is 17.3 Å². The van der Waals surface area contributed by atoms with Gasteiger partial charge in [0.05, 0.1) is 12.7 Å². The van der Waals surface area contributed by atoms with Gasteiger partial charge in [0.25, 0.3) is 0 Å². The molecule has 3 rings (SSSR count). The van der Waals surface area contributed by atoms with Crippen LogP contribution < -0.4 is 9.47 Å². The van der Waals surface area contributed by atoms with E-state index < -0.39 is 11.8 Å². The van der Waals surface area contributed by atoms with Crippen LogP contribution in [0.4, 0.5) is 4.39 Å². The van der Waals surface area contributed by atoms with E-state index in [1.165, 1.54) is 37.4 Å². The Bertz CT molecular complexity index is 1080. The van der Waals surface area contributed by atoms with Crippen molar-refractivity contribution in [1.29, 1.82) is 0 Å². The number of rotatable bonds is 3. The molecule has 140 valence electrons. The van der Waals surface area contributed by atoms with E-state index in [1.807, 2.05) is 0 Å². The summed E-state index contributed by atoms with van der Waals surface area (Å²) in [4.78, 5) is 12.2. The molecule has 28 heavy (non-hydrogen) atoms. The number of halogens is 1. The molecule has 5 nitrogen and oxygen atoms in total. The summed E-state index contributed by atoms with van der Waals surface area (Å²) < 4.78 is 24.5. The maximum absolute atomic E-state index is 14.3. The van der Waals surface area contributed by atoms with E-state index in [9.17, 15) is 19.4 Å². The maximum atomic E-state index is 14.3. The zero-order valence-electron chi connectivity index (χ0n) is 14.8. The number of methoxy groups -OCH3 is 1. The molecule has 3 aromatic carbocycles. The van der Waals surface area contributed by atoms with Crippen molar-refractivity contribution in [3.63, 3.8) is 0 Å². The Labute approximate surface area is 160 Å². The fourth-order valence-corrected chi connectivity index (χ4v) is 2.31. The molecule has 0 saturated carbocycles. The molecule has 0 atom stereocenters. The molecular weight excluding hydrogens is 363 g/mol. The first-order valence-corrected chi connectivity index (χ1v) is 8.16. The Hall–Kier alpha value is -3.98. The van der Waals surface area contributed by atoms with Crippen molar-refractivity contribution in [3.05, 3.63) is 83.2 Å². The third-order valence-electron chi connectivity index (χ3n) is 3.79. The molecule has 0 aliphatic rings. The number of esters is 1. The highest BCUT2D eigenvalue weighted by atomic mass is 19.1. The zero-order valence-corrected chi connectivity index (χ0v) is 14.8. The fraction of sp³-hybridized carbons (Fsp3) is 0.0455. The number of phenolic OH excluding ortho intramolecular Hbond substituents is 2. The Morgan fingerprint density at radius 1 is 0.857 bits per heavy atom. The summed E-state index contributed by atoms with van der Waals surface area (Å²) in [6.07, 6.45) is 0. The third-order valence-corrected chi connectivity index (χ3v) is 3.79. The Balaban J connectivity index is 1.75. The minimum absolute atomic E-state index is 0.219. The van der Waals surface area contributed by atoms with Gasteiger partial charge < -0.3 is 19.7 Å². The van der Waals surface area contributed by atoms with Crippen molar-refractivity contribution in [3.8, 4) is 34.8 Å². The molecule has 0 fully saturated rings. The molecule has 3 aromatic rings. The van der Waals surface area contributed by atoms with Crippen LogP contribution in [-0.4, -0.2) is 23.3 Å². The molecule has 0 aliphatic carbocycles. The van der Waals surface area contributed by atoms with Crippen LogP contribution in [0.15, 0.2) is 60.7 Å². The average molecular weight is 378 g/mol. The molecule has 0 amide bonds. The highest BCUT2D eigenvalue weighted by Crippen LogP contribution is 2.24. The molecule has 0 aromatic heterocycles. The lowest BCUT2D eigenvalue weighted by Gasteiger charge is -2.06. The van der Waals surface area contributed by atoms with Gasteiger partial charge in [-0.3, -0.25) is 0 Å². The standard InChI is InChI=1S/C22H15FO5/c1-27-16-6-8-17(9-7-16)28-22(26)18-10-4-14(12-19(18)23)2-3-15-5-11-20(24)21(25)13-15/h4-13,24-25H,1H3. The highest BCUT2D eigenvalue weighted by molar-refractivity contribution is 5.91. The molecule has 0 spiro atoms. The predicted octanol–water partition coefficient (Wildman–Crippen LogP) is 3.86. The van der Waals surface area contributed by atoms with Crippen molar-refractivity contribution in [2.75, 3.05) is 7.11 Å². The number of ether oxygens (including phenoxy) is 2. The van der Waals surface area contributed by atoms with E-state index in [4.69, 9.17) is 9.47 Å². The molecule has 0 radical (unpaired) electrons. The largest absolute Gasteiger partial charge is 0.504 e. The molecular formula is C22H15FO5. The normalized spacial score (nSPS) is 9.93. The summed E-state index contributed by atoms with van der Waals surface area (Å²) in [5.41, 5.74) is 0.563. The smallest absolute Gasteiger partial charge is 0.346 e. The molecule has 0 heterocycles. The van der Waals surface area contributed by atoms with Crippen LogP contribution in [0.3, 0.4) is 0 Å². The lowest BCUT2D eigenvalue weighted by atomic mass is 10.1. The van der Waals surface area contributed by atoms with Gasteiger partial charge in [0.2, 0.25) is 0 Å². The fourth-order valence-electron chi connectivity index (χ4n) is 2.31. The van der Waals surface area contributed by atoms with Crippen LogP contribution in [0.5, 0.6) is 23.0 Å². The third kappa shape index (κ3) is 4.40. The van der Waals surface area contributed by atoms with Crippen LogP contribution >= 0.6 is 0 Å². The van der Waals surface area contributed by atoms with Crippen LogP contribution in [0.1, 0.15) is 21.5 Å². The molecule has 0 aliphatic heterocycles. The van der Waals surface area contributed by atoms with Crippen LogP contribution in [0.2, 0.25) is 0 Å². The van der Waals surface area contributed by atoms with E-state index in [1.54, 1.807) is 24.3 Å². The van der Waals surface area contributed by atoms with Crippen LogP contribution in [-0.2, 0) is 0 Å². The highest BCUT2D eigenvalue weighted by Gasteiger charge is 2.14. The topological polar surface area (TPSA) is 76.0 Å². The molecule has 6 heteroatoms. The van der Waals surface area contributed by atoms with Crippen LogP contribution in [0, 0.1) is 17.7 Å². The summed E-state index contributed by atoms with van der Waals surface area (Å²) >= 11 is 0. The number of carbonyl (C=O) groups excluding carboxylic acids is 1. The lowest BCUT2D eigenvalue weighted by Crippen LogP contribution is -2.10. The van der Waals surface area contributed by atoms with Crippen molar-refractivity contribution in [2.24, 2.45) is 0 Å². The molecule has 0 bridgehead atoms. The van der Waals surface area contributed by atoms with Crippen molar-refractivity contribution >= 4 is 5.97 Å². The first kappa shape index (κ1) is 18.8. The summed E-state index contributed by atoms with van der Waals surface area (Å²) in [6.45, 7) is 0. The monoisotopic (exact) mass is 378 g/mol. The molecule has 0 saturated heterocycles. The van der Waals surface area contributed by atoms with E-state index in [-0.39, 0.29) is 22.8 Å². The first-order valence-electron chi connectivity index (χ1n) is 8.16. The number of hydrogen-bond acceptors (Lipinski definition) is 5. The minimum Gasteiger partial charge on any atom is -0.504 e. The quantitative estimate of drug-likeness (QED) is 0.313. The predicted molar refractivity (Wildman–Crippen MR) is 100 cm³/mol. The van der Waals surface area contributed by atoms with E-state index >= 15 is 0 Å². The number of aromatic hydroxyl groups is 2. The maximum Gasteiger partial charge on any atom is 0.346 e. The zero-order chi connectivity index (χ0) is 20.1. The second kappa shape index (κ2) is 8.14. The van der Waals surface area contributed by atoms with E-state index in [2.05, 4.69) is 11.8 Å². The van der Waals surface area contributed by atoms with Gasteiger partial charge in [-0.1, -0.05) is 11.8 Å². The Kier molecular flexibility index (Phi) is 5.47. The summed E-state index contributed by atoms with van der Waals surface area (Å²) in [5, 5.41) is 18.7. The van der Waals surface area contributed by atoms with Gasteiger partial charge in [-0.25, -0.2) is 9.18 Å². The van der Waals surface area contributed by atoms with Gasteiger partial charge in [-0.15, -0.1) is 0 Å². The Morgan fingerprint density at radius 2 is 1.46 bits per heavy atom. The van der Waals surface area contributed by atoms with Gasteiger partial charge in [-0.2, -0.15) is 0 Å². The lowest BCUT2D eigenvalue weighted by molar-refractivity contribution is 0.0730. The van der Waals surface area contributed by atoms with Gasteiger partial charge in [-0.05, 0) is 60.7 Å². The molecule has 2 N–H and O–H groups in total. The number of carbonyl (C=O) groups is 1. The van der Waals surface area contributed by atoms with Gasteiger partial charge in [0.15, 0.2) is 11.5 Å². The van der Waals surface area contributed by atoms with Crippen molar-refractivity contribution < 1.29 is 28.9 Å². The first-order chi connectivity index (χ1) is 13.5. The summed E-state index contributed by atoms with van der Waals surface area (Å²) in [5.74, 6) is 4.20. The SMILES string of the molecule is COc1ccc(OC(=O)c2ccc(C#Cc3ccc(O)c(O)c3)cc2F)cc1. The number of benzene rings is 3. The summed E-state index contributed by atoms with van der Waals surface area (Å²) in [6, 6.07) is 14.3. The van der Waals surface area contributed by atoms with Gasteiger partial charge >= 0.3 is 5.97 Å². The van der Waals surface area contributed by atoms with E-state index in [0.717, 1.165) is 6.07 Å².